The molecule has 1 aromatic carbocycles. The molecule has 4 rings (SSSR count). The van der Waals surface area contributed by atoms with Gasteiger partial charge in [0.2, 0.25) is 0 Å². The number of Topliss-reactive ketones (excluding diaryl/α,β-unsaturated/α-hetero) is 1. The van der Waals surface area contributed by atoms with Crippen molar-refractivity contribution in [1.82, 2.24) is 5.43 Å². The number of fused-ring (bicyclic) bond motifs is 2. The van der Waals surface area contributed by atoms with Crippen LogP contribution >= 0.6 is 0 Å². The number of hydrogen-bond acceptors (Lipinski definition) is 3. The maximum absolute atomic E-state index is 12.4. The monoisotopic (exact) mass is 222 g/mol. The summed E-state index contributed by atoms with van der Waals surface area (Å²) in [4.78, 5) is 12.4. The zero-order valence-corrected chi connectivity index (χ0v) is 9.05. The number of ketones is 1. The molecule has 2 atom stereocenters. The summed E-state index contributed by atoms with van der Waals surface area (Å²) in [5, 5.41) is 4.40. The Kier molecular flexibility index (Phi) is 1.55. The van der Waals surface area contributed by atoms with Crippen LogP contribution in [0.15, 0.2) is 53.2 Å². The smallest absolute Gasteiger partial charge is 0.190 e. The van der Waals surface area contributed by atoms with Crippen molar-refractivity contribution >= 4 is 11.5 Å². The van der Waals surface area contributed by atoms with Gasteiger partial charge in [0.05, 0.1) is 17.7 Å². The molecule has 0 bridgehead atoms. The molecule has 1 aliphatic heterocycles. The van der Waals surface area contributed by atoms with Crippen LogP contribution in [0.3, 0.4) is 0 Å². The van der Waals surface area contributed by atoms with Gasteiger partial charge in [0.25, 0.3) is 0 Å². The van der Waals surface area contributed by atoms with E-state index in [1.165, 1.54) is 0 Å². The third-order valence-corrected chi connectivity index (χ3v) is 3.63. The molecular weight excluding hydrogens is 212 g/mol. The number of carbonyl (C=O) groups excluding carboxylic acids is 1. The van der Waals surface area contributed by atoms with E-state index in [1.807, 2.05) is 36.4 Å². The van der Waals surface area contributed by atoms with Crippen molar-refractivity contribution in [1.29, 1.82) is 0 Å². The van der Waals surface area contributed by atoms with E-state index in [2.05, 4.69) is 16.6 Å². The average Bonchev–Trinajstić information content (AvgIpc) is 2.81. The van der Waals surface area contributed by atoms with E-state index >= 15 is 0 Å². The zero-order chi connectivity index (χ0) is 11.4. The first kappa shape index (κ1) is 8.93. The first-order valence-corrected chi connectivity index (χ1v) is 5.72. The van der Waals surface area contributed by atoms with Gasteiger partial charge in [-0.15, -0.1) is 0 Å². The quantitative estimate of drug-likeness (QED) is 0.725. The predicted octanol–water partition coefficient (Wildman–Crippen LogP) is 1.67. The van der Waals surface area contributed by atoms with E-state index in [9.17, 15) is 4.79 Å². The molecule has 3 aliphatic rings. The third-order valence-electron chi connectivity index (χ3n) is 3.63. The van der Waals surface area contributed by atoms with E-state index in [0.717, 1.165) is 22.4 Å². The molecule has 1 N–H and O–H groups in total. The highest BCUT2D eigenvalue weighted by molar-refractivity contribution is 6.25. The van der Waals surface area contributed by atoms with Crippen molar-refractivity contribution in [2.24, 2.45) is 11.0 Å². The molecular formula is C14H10N2O. The summed E-state index contributed by atoms with van der Waals surface area (Å²) in [6.07, 6.45) is 5.92. The minimum atomic E-state index is 0.0994. The number of allylic oxidation sites excluding steroid dienone is 2. The van der Waals surface area contributed by atoms with Gasteiger partial charge >= 0.3 is 0 Å². The fourth-order valence-electron chi connectivity index (χ4n) is 2.84. The summed E-state index contributed by atoms with van der Waals surface area (Å²) in [7, 11) is 0. The maximum Gasteiger partial charge on any atom is 0.190 e. The molecule has 0 saturated heterocycles. The fraction of sp³-hybridized carbons (Fsp3) is 0.143. The topological polar surface area (TPSA) is 41.5 Å². The minimum absolute atomic E-state index is 0.0994. The van der Waals surface area contributed by atoms with Gasteiger partial charge in [-0.1, -0.05) is 42.5 Å². The average molecular weight is 222 g/mol. The van der Waals surface area contributed by atoms with E-state index in [4.69, 9.17) is 0 Å². The van der Waals surface area contributed by atoms with Crippen molar-refractivity contribution in [2.75, 3.05) is 0 Å². The Morgan fingerprint density at radius 1 is 1.18 bits per heavy atom. The van der Waals surface area contributed by atoms with Crippen molar-refractivity contribution in [3.8, 4) is 0 Å². The first-order valence-electron chi connectivity index (χ1n) is 5.72. The molecule has 1 heterocycles. The molecule has 0 saturated carbocycles. The Labute approximate surface area is 98.5 Å². The van der Waals surface area contributed by atoms with Gasteiger partial charge in [-0.05, 0) is 0 Å². The highest BCUT2D eigenvalue weighted by Gasteiger charge is 2.42. The summed E-state index contributed by atoms with van der Waals surface area (Å²) < 4.78 is 0. The highest BCUT2D eigenvalue weighted by atomic mass is 16.1. The number of nitrogens with one attached hydrogen (secondary N) is 1. The van der Waals surface area contributed by atoms with Crippen LogP contribution in [0.4, 0.5) is 0 Å². The van der Waals surface area contributed by atoms with Crippen LogP contribution in [0.5, 0.6) is 0 Å². The van der Waals surface area contributed by atoms with E-state index in [0.29, 0.717) is 0 Å². The molecule has 2 unspecified atom stereocenters. The van der Waals surface area contributed by atoms with E-state index in [-0.39, 0.29) is 17.7 Å². The summed E-state index contributed by atoms with van der Waals surface area (Å²) in [5.41, 5.74) is 6.71. The van der Waals surface area contributed by atoms with Crippen molar-refractivity contribution in [2.45, 2.75) is 6.04 Å². The van der Waals surface area contributed by atoms with Crippen LogP contribution in [0, 0.1) is 5.92 Å². The number of rotatable bonds is 0. The lowest BCUT2D eigenvalue weighted by Crippen LogP contribution is -2.37. The summed E-state index contributed by atoms with van der Waals surface area (Å²) >= 11 is 0. The highest BCUT2D eigenvalue weighted by Crippen LogP contribution is 2.37. The molecule has 82 valence electrons. The third kappa shape index (κ3) is 1.01. The number of hydrazone groups is 1. The lowest BCUT2D eigenvalue weighted by atomic mass is 9.73. The SMILES string of the molecule is O=C1C2=CC=CC3NN=C(c4ccccc41)C23. The molecule has 2 aliphatic carbocycles. The molecule has 0 amide bonds. The molecule has 0 spiro atoms. The van der Waals surface area contributed by atoms with E-state index in [1.54, 1.807) is 0 Å². The summed E-state index contributed by atoms with van der Waals surface area (Å²) in [6.45, 7) is 0. The zero-order valence-electron chi connectivity index (χ0n) is 9.05. The van der Waals surface area contributed by atoms with Gasteiger partial charge in [0, 0.05) is 16.7 Å². The molecule has 3 heteroatoms. The number of benzene rings is 1. The normalized spacial score (nSPS) is 27.9. The predicted molar refractivity (Wildman–Crippen MR) is 64.9 cm³/mol. The Morgan fingerprint density at radius 2 is 2.00 bits per heavy atom. The molecule has 0 aromatic heterocycles. The van der Waals surface area contributed by atoms with Crippen LogP contribution in [-0.2, 0) is 0 Å². The van der Waals surface area contributed by atoms with Crippen LogP contribution < -0.4 is 5.43 Å². The Bertz CT molecular complexity index is 625. The summed E-state index contributed by atoms with van der Waals surface area (Å²) in [5.74, 6) is 0.241. The Balaban J connectivity index is 2.04. The van der Waals surface area contributed by atoms with Crippen LogP contribution in [0.2, 0.25) is 0 Å². The van der Waals surface area contributed by atoms with Crippen molar-refractivity contribution in [3.05, 3.63) is 59.2 Å². The molecule has 17 heavy (non-hydrogen) atoms. The van der Waals surface area contributed by atoms with Gasteiger partial charge < -0.3 is 5.43 Å². The minimum Gasteiger partial charge on any atom is -0.302 e. The second-order valence-electron chi connectivity index (χ2n) is 4.51. The van der Waals surface area contributed by atoms with Crippen LogP contribution in [0.25, 0.3) is 0 Å². The van der Waals surface area contributed by atoms with E-state index < -0.39 is 0 Å². The van der Waals surface area contributed by atoms with Gasteiger partial charge in [0.1, 0.15) is 0 Å². The molecule has 3 nitrogen and oxygen atoms in total. The second kappa shape index (κ2) is 2.94. The first-order chi connectivity index (χ1) is 8.36. The van der Waals surface area contributed by atoms with Gasteiger partial charge in [-0.2, -0.15) is 5.10 Å². The summed E-state index contributed by atoms with van der Waals surface area (Å²) in [6, 6.07) is 7.85. The van der Waals surface area contributed by atoms with Crippen molar-refractivity contribution < 1.29 is 4.79 Å². The molecule has 0 radical (unpaired) electrons. The van der Waals surface area contributed by atoms with Crippen LogP contribution in [-0.4, -0.2) is 17.5 Å². The molecule has 1 aromatic rings. The maximum atomic E-state index is 12.4. The largest absolute Gasteiger partial charge is 0.302 e. The van der Waals surface area contributed by atoms with Gasteiger partial charge in [0.15, 0.2) is 5.78 Å². The number of nitrogens with zero attached hydrogens (tertiary/aromatic N) is 1. The van der Waals surface area contributed by atoms with Crippen molar-refractivity contribution in [3.63, 3.8) is 0 Å². The number of hydrogen-bond donors (Lipinski definition) is 1. The Morgan fingerprint density at radius 3 is 2.88 bits per heavy atom. The van der Waals surface area contributed by atoms with Crippen LogP contribution in [0.1, 0.15) is 15.9 Å². The van der Waals surface area contributed by atoms with Gasteiger partial charge in [-0.3, -0.25) is 4.79 Å². The standard InChI is InChI=1S/C14H10N2O/c17-14-9-5-2-1-4-8(9)13-12-10(14)6-3-7-11(12)15-16-13/h1-7,11-12,15H. The Hall–Kier alpha value is -2.16. The lowest BCUT2D eigenvalue weighted by Gasteiger charge is -2.28. The second-order valence-corrected chi connectivity index (χ2v) is 4.51. The van der Waals surface area contributed by atoms with Gasteiger partial charge in [-0.25, -0.2) is 0 Å². The fourth-order valence-corrected chi connectivity index (χ4v) is 2.84. The number of carbonyl (C=O) groups is 1. The molecule has 0 fully saturated rings. The lowest BCUT2D eigenvalue weighted by molar-refractivity contribution is 0.102.